The molecule has 4 fully saturated rings. The van der Waals surface area contributed by atoms with Crippen molar-refractivity contribution in [3.05, 3.63) is 41.7 Å². The number of ether oxygens (including phenoxy) is 5. The summed E-state index contributed by atoms with van der Waals surface area (Å²) in [5, 5.41) is 1.85. The third kappa shape index (κ3) is 7.92. The molecule has 2 aromatic carbocycles. The smallest absolute Gasteiger partial charge is 0.410 e. The van der Waals surface area contributed by atoms with E-state index in [9.17, 15) is 9.18 Å². The van der Waals surface area contributed by atoms with Crippen molar-refractivity contribution in [3.63, 3.8) is 0 Å². The fourth-order valence-corrected chi connectivity index (χ4v) is 17.6. The van der Waals surface area contributed by atoms with Crippen molar-refractivity contribution >= 4 is 41.7 Å². The van der Waals surface area contributed by atoms with Gasteiger partial charge in [-0.3, -0.25) is 9.80 Å². The zero-order valence-corrected chi connectivity index (χ0v) is 41.5. The number of piperazine rings is 1. The minimum Gasteiger partial charge on any atom is -0.472 e. The highest BCUT2D eigenvalue weighted by Crippen LogP contribution is 2.49. The van der Waals surface area contributed by atoms with Crippen molar-refractivity contribution < 1.29 is 37.3 Å². The largest absolute Gasteiger partial charge is 0.472 e. The number of anilines is 1. The van der Waals surface area contributed by atoms with E-state index in [2.05, 4.69) is 62.8 Å². The standard InChI is InChI=1S/C51H66F2N6O6Si/c1-29(2)66(30(3)4,31(5)6)21-18-33-14-12-15-34-22-37(63-28-61-11)23-38(40(33)34)43-42(53)44-41-46(56-48(55-44)62-27-51-19-13-20-57(51)25-35(52)24-51)58-26-36-16-17-39(45(58)32(7)64-47(41)54-43)59(36)49(60)65-50(8,9)10/h12,14-15,22-23,29-32,35-36,39,45H,13,16-17,19-20,24-28H2,1-11H3/t32-,35+,36+,39-,45+,51-/m0/s1. The van der Waals surface area contributed by atoms with Gasteiger partial charge in [0.05, 0.1) is 23.7 Å². The van der Waals surface area contributed by atoms with Crippen molar-refractivity contribution in [1.82, 2.24) is 24.8 Å². The van der Waals surface area contributed by atoms with E-state index in [1.165, 1.54) is 0 Å². The number of carbonyl (C=O) groups is 1. The molecule has 15 heteroatoms. The van der Waals surface area contributed by atoms with Crippen LogP contribution < -0.4 is 19.1 Å². The summed E-state index contributed by atoms with van der Waals surface area (Å²) >= 11 is 0. The maximum absolute atomic E-state index is 18.2. The molecule has 0 radical (unpaired) electrons. The summed E-state index contributed by atoms with van der Waals surface area (Å²) in [6.07, 6.45) is 1.72. The first kappa shape index (κ1) is 46.3. The first-order valence-corrected chi connectivity index (χ1v) is 26.2. The summed E-state index contributed by atoms with van der Waals surface area (Å²) in [5.74, 6) is 4.05. The molecule has 1 amide bonds. The van der Waals surface area contributed by atoms with Crippen LogP contribution in [0.5, 0.6) is 17.6 Å². The highest BCUT2D eigenvalue weighted by molar-refractivity contribution is 6.90. The first-order chi connectivity index (χ1) is 31.4. The Kier molecular flexibility index (Phi) is 12.2. The molecule has 0 saturated carbocycles. The van der Waals surface area contributed by atoms with Gasteiger partial charge in [-0.1, -0.05) is 59.6 Å². The number of fused-ring (bicyclic) bond motifs is 7. The SMILES string of the molecule is COCOc1cc(-c2nc3c4c(nc(OC[C@@]56CCCN5C[C@H](F)C6)nc4c2F)N2C[C@H]4CC[C@@H]([C@H]2[C@H](C)O3)N4C(=O)OC(C)(C)C)c2c(C#C[Si](C(C)C)(C(C)C)C(C)C)cccc2c1. The van der Waals surface area contributed by atoms with Crippen LogP contribution in [0.25, 0.3) is 32.9 Å². The summed E-state index contributed by atoms with van der Waals surface area (Å²) in [4.78, 5) is 35.1. The predicted molar refractivity (Wildman–Crippen MR) is 255 cm³/mol. The number of carbonyl (C=O) groups excluding carboxylic acids is 1. The van der Waals surface area contributed by atoms with Crippen molar-refractivity contribution in [1.29, 1.82) is 0 Å². The Bertz CT molecular complexity index is 2570. The molecule has 0 aliphatic carbocycles. The van der Waals surface area contributed by atoms with Crippen molar-refractivity contribution in [3.8, 4) is 40.4 Å². The van der Waals surface area contributed by atoms with E-state index in [1.807, 2.05) is 56.9 Å². The maximum atomic E-state index is 18.2. The third-order valence-electron chi connectivity index (χ3n) is 15.1. The summed E-state index contributed by atoms with van der Waals surface area (Å²) in [7, 11) is -0.631. The van der Waals surface area contributed by atoms with Gasteiger partial charge in [0.25, 0.3) is 0 Å². The van der Waals surface area contributed by atoms with E-state index in [0.29, 0.717) is 58.7 Å². The Hall–Kier alpha value is -4.78. The average molecular weight is 925 g/mol. The number of hydrogen-bond acceptors (Lipinski definition) is 11. The normalized spacial score (nSPS) is 25.0. The van der Waals surface area contributed by atoms with Gasteiger partial charge in [-0.05, 0) is 100 Å². The Labute approximate surface area is 389 Å². The summed E-state index contributed by atoms with van der Waals surface area (Å²) in [5.41, 5.74) is 5.15. The van der Waals surface area contributed by atoms with Gasteiger partial charge in [-0.15, -0.1) is 5.54 Å². The van der Waals surface area contributed by atoms with Crippen molar-refractivity contribution in [2.75, 3.05) is 45.0 Å². The molecule has 0 N–H and O–H groups in total. The number of methoxy groups -OCH3 is 1. The van der Waals surface area contributed by atoms with Gasteiger partial charge in [-0.2, -0.15) is 9.97 Å². The molecule has 5 aliphatic rings. The molecule has 4 saturated heterocycles. The van der Waals surface area contributed by atoms with E-state index < -0.39 is 43.3 Å². The number of pyridine rings is 1. The number of halogens is 2. The molecule has 12 nitrogen and oxygen atoms in total. The Balaban J connectivity index is 1.25. The second-order valence-corrected chi connectivity index (χ2v) is 26.8. The highest BCUT2D eigenvalue weighted by atomic mass is 28.3. The summed E-state index contributed by atoms with van der Waals surface area (Å²) in [6.45, 7) is 23.0. The fourth-order valence-electron chi connectivity index (χ4n) is 12.4. The van der Waals surface area contributed by atoms with Gasteiger partial charge in [0.15, 0.2) is 12.6 Å². The molecule has 5 aliphatic heterocycles. The Morgan fingerprint density at radius 3 is 2.48 bits per heavy atom. The minimum atomic E-state index is -2.18. The Morgan fingerprint density at radius 1 is 1.02 bits per heavy atom. The van der Waals surface area contributed by atoms with E-state index >= 15 is 4.39 Å². The number of amides is 1. The molecule has 0 unspecified atom stereocenters. The van der Waals surface area contributed by atoms with Crippen LogP contribution in [0, 0.1) is 17.3 Å². The molecule has 66 heavy (non-hydrogen) atoms. The van der Waals surface area contributed by atoms with E-state index in [-0.39, 0.29) is 54.7 Å². The van der Waals surface area contributed by atoms with Gasteiger partial charge in [0.2, 0.25) is 5.88 Å². The van der Waals surface area contributed by atoms with Crippen LogP contribution in [0.1, 0.15) is 107 Å². The lowest BCUT2D eigenvalue weighted by atomic mass is 9.95. The van der Waals surface area contributed by atoms with E-state index in [4.69, 9.17) is 38.6 Å². The molecular weight excluding hydrogens is 859 g/mol. The summed E-state index contributed by atoms with van der Waals surface area (Å²) in [6, 6.07) is 8.77. The molecule has 2 aromatic heterocycles. The lowest BCUT2D eigenvalue weighted by Crippen LogP contribution is -2.65. The highest BCUT2D eigenvalue weighted by Gasteiger charge is 2.54. The topological polar surface area (TPSA) is 112 Å². The molecule has 0 spiro atoms. The van der Waals surface area contributed by atoms with E-state index in [0.717, 1.165) is 48.6 Å². The van der Waals surface area contributed by atoms with Gasteiger partial charge < -0.3 is 28.6 Å². The molecule has 2 bridgehead atoms. The van der Waals surface area contributed by atoms with Crippen LogP contribution in [-0.4, -0.2) is 121 Å². The summed E-state index contributed by atoms with van der Waals surface area (Å²) < 4.78 is 64.0. The zero-order chi connectivity index (χ0) is 47.0. The molecule has 4 aromatic rings. The minimum absolute atomic E-state index is 0.00823. The lowest BCUT2D eigenvalue weighted by molar-refractivity contribution is 0.000929. The van der Waals surface area contributed by atoms with Crippen LogP contribution in [0.3, 0.4) is 0 Å². The number of rotatable bonds is 10. The van der Waals surface area contributed by atoms with Gasteiger partial charge in [-0.25, -0.2) is 18.6 Å². The number of hydrogen-bond donors (Lipinski definition) is 0. The van der Waals surface area contributed by atoms with Crippen LogP contribution in [0.15, 0.2) is 30.3 Å². The van der Waals surface area contributed by atoms with Crippen molar-refractivity contribution in [2.45, 2.75) is 160 Å². The van der Waals surface area contributed by atoms with Crippen LogP contribution in [0.4, 0.5) is 19.4 Å². The molecular formula is C51H66F2N6O6Si. The molecule has 6 atom stereocenters. The van der Waals surface area contributed by atoms with Gasteiger partial charge in [0, 0.05) is 43.1 Å². The third-order valence-corrected chi connectivity index (χ3v) is 21.4. The second kappa shape index (κ2) is 17.4. The quantitative estimate of drug-likeness (QED) is 0.0861. The van der Waals surface area contributed by atoms with Gasteiger partial charge in [0.1, 0.15) is 60.7 Å². The monoisotopic (exact) mass is 924 g/mol. The zero-order valence-electron chi connectivity index (χ0n) is 40.5. The van der Waals surface area contributed by atoms with Crippen molar-refractivity contribution in [2.24, 2.45) is 0 Å². The van der Waals surface area contributed by atoms with E-state index in [1.54, 1.807) is 13.2 Å². The number of benzene rings is 2. The predicted octanol–water partition coefficient (Wildman–Crippen LogP) is 10.2. The second-order valence-electron chi connectivity index (χ2n) is 21.2. The van der Waals surface area contributed by atoms with Gasteiger partial charge >= 0.3 is 12.1 Å². The number of nitrogens with zero attached hydrogens (tertiary/aromatic N) is 6. The van der Waals surface area contributed by atoms with Crippen LogP contribution >= 0.6 is 0 Å². The molecule has 9 rings (SSSR count). The lowest BCUT2D eigenvalue weighted by Gasteiger charge is -2.48. The molecule has 7 heterocycles. The average Bonchev–Trinajstić information content (AvgIpc) is 3.86. The molecule has 354 valence electrons. The number of aromatic nitrogens is 3. The van der Waals surface area contributed by atoms with Crippen LogP contribution in [0.2, 0.25) is 16.6 Å². The fraction of sp³-hybridized carbons (Fsp3) is 0.608. The maximum Gasteiger partial charge on any atom is 0.410 e. The Morgan fingerprint density at radius 2 is 1.77 bits per heavy atom. The first-order valence-electron chi connectivity index (χ1n) is 24.0. The van der Waals surface area contributed by atoms with Crippen LogP contribution in [-0.2, 0) is 9.47 Å². The number of alkyl halides is 1.